The van der Waals surface area contributed by atoms with Gasteiger partial charge in [0.15, 0.2) is 0 Å². The number of nitrogens with zero attached hydrogens (tertiary/aromatic N) is 2. The number of hydrogen-bond acceptors (Lipinski definition) is 4. The minimum absolute atomic E-state index is 0.156. The second kappa shape index (κ2) is 8.80. The zero-order valence-electron chi connectivity index (χ0n) is 19.9. The van der Waals surface area contributed by atoms with Crippen LogP contribution in [0.3, 0.4) is 0 Å². The first-order valence-corrected chi connectivity index (χ1v) is 13.6. The van der Waals surface area contributed by atoms with Crippen LogP contribution < -0.4 is 0 Å². The standard InChI is InChI=1S/C28H27FN2O4S/c1-18-6-12-22(13-7-18)36(33,34)31-24-16-26(35-17-25(24)31)28(32)30-15-14-19-4-2-3-5-23(19)27(30)20-8-10-21(29)11-9-20/h2-13,24-27H,14-17H2,1H3/t24-,25+,26+,27-,31?/m0/s1. The van der Waals surface area contributed by atoms with E-state index in [0.717, 1.165) is 22.3 Å². The number of carbonyl (C=O) groups excluding carboxylic acids is 1. The Labute approximate surface area is 210 Å². The molecule has 1 unspecified atom stereocenters. The van der Waals surface area contributed by atoms with Crippen LogP contribution in [0, 0.1) is 12.7 Å². The molecule has 6 rings (SSSR count). The van der Waals surface area contributed by atoms with E-state index in [2.05, 4.69) is 6.07 Å². The highest BCUT2D eigenvalue weighted by atomic mass is 32.2. The van der Waals surface area contributed by atoms with Crippen LogP contribution in [0.15, 0.2) is 77.7 Å². The summed E-state index contributed by atoms with van der Waals surface area (Å²) >= 11 is 0. The Bertz CT molecular complexity index is 1410. The third-order valence-corrected chi connectivity index (χ3v) is 9.52. The van der Waals surface area contributed by atoms with E-state index >= 15 is 0 Å². The fourth-order valence-electron chi connectivity index (χ4n) is 5.61. The number of amides is 1. The summed E-state index contributed by atoms with van der Waals surface area (Å²) in [5, 5.41) is 0. The Balaban J connectivity index is 1.24. The maximum Gasteiger partial charge on any atom is 0.252 e. The molecule has 0 spiro atoms. The highest BCUT2D eigenvalue weighted by Crippen LogP contribution is 2.43. The number of benzene rings is 3. The molecule has 3 aliphatic heterocycles. The lowest BCUT2D eigenvalue weighted by molar-refractivity contribution is -0.147. The molecule has 8 heteroatoms. The summed E-state index contributed by atoms with van der Waals surface area (Å²) in [6.45, 7) is 2.62. The smallest absolute Gasteiger partial charge is 0.252 e. The number of aryl methyl sites for hydroxylation is 1. The SMILES string of the molecule is Cc1ccc(S(=O)(=O)N2[C@@H]3CO[C@@H](C(=O)N4CCc5ccccc5[C@@H]4c4ccc(F)cc4)C[C@@H]32)cc1. The second-order valence-corrected chi connectivity index (χ2v) is 11.6. The number of hydrogen-bond donors (Lipinski definition) is 0. The van der Waals surface area contributed by atoms with E-state index in [1.54, 1.807) is 36.4 Å². The van der Waals surface area contributed by atoms with Crippen LogP contribution >= 0.6 is 0 Å². The van der Waals surface area contributed by atoms with Crippen molar-refractivity contribution in [3.63, 3.8) is 0 Å². The molecule has 5 atom stereocenters. The van der Waals surface area contributed by atoms with Crippen LogP contribution in [-0.4, -0.2) is 54.9 Å². The summed E-state index contributed by atoms with van der Waals surface area (Å²) in [7, 11) is -3.64. The molecule has 0 aliphatic carbocycles. The lowest BCUT2D eigenvalue weighted by Gasteiger charge is -2.39. The average Bonchev–Trinajstić information content (AvgIpc) is 3.63. The topological polar surface area (TPSA) is 66.7 Å². The van der Waals surface area contributed by atoms with Crippen molar-refractivity contribution in [1.82, 2.24) is 9.21 Å². The monoisotopic (exact) mass is 506 g/mol. The summed E-state index contributed by atoms with van der Waals surface area (Å²) in [4.78, 5) is 15.9. The third kappa shape index (κ3) is 3.93. The Morgan fingerprint density at radius 3 is 2.44 bits per heavy atom. The Morgan fingerprint density at radius 2 is 1.69 bits per heavy atom. The van der Waals surface area contributed by atoms with Crippen molar-refractivity contribution in [1.29, 1.82) is 0 Å². The molecule has 0 aromatic heterocycles. The van der Waals surface area contributed by atoms with Crippen LogP contribution in [0.4, 0.5) is 4.39 Å². The highest BCUT2D eigenvalue weighted by molar-refractivity contribution is 7.89. The van der Waals surface area contributed by atoms with Gasteiger partial charge in [-0.05, 0) is 54.3 Å². The zero-order valence-corrected chi connectivity index (χ0v) is 20.7. The molecule has 3 aliphatic rings. The predicted octanol–water partition coefficient (Wildman–Crippen LogP) is 3.84. The van der Waals surface area contributed by atoms with Gasteiger partial charge >= 0.3 is 0 Å². The molecule has 0 saturated carbocycles. The average molecular weight is 507 g/mol. The number of ether oxygens (including phenoxy) is 1. The summed E-state index contributed by atoms with van der Waals surface area (Å²) < 4.78 is 47.5. The van der Waals surface area contributed by atoms with Gasteiger partial charge in [-0.2, -0.15) is 4.31 Å². The molecule has 3 aromatic rings. The number of carbonyl (C=O) groups is 1. The molecular weight excluding hydrogens is 479 g/mol. The van der Waals surface area contributed by atoms with Crippen LogP contribution in [0.25, 0.3) is 0 Å². The summed E-state index contributed by atoms with van der Waals surface area (Å²) in [5.41, 5.74) is 4.01. The normalized spacial score (nSPS) is 27.2. The van der Waals surface area contributed by atoms with Gasteiger partial charge in [-0.15, -0.1) is 0 Å². The van der Waals surface area contributed by atoms with Crippen LogP contribution in [-0.2, 0) is 26.0 Å². The van der Waals surface area contributed by atoms with Crippen LogP contribution in [0.2, 0.25) is 0 Å². The molecule has 2 saturated heterocycles. The van der Waals surface area contributed by atoms with Gasteiger partial charge in [0.25, 0.3) is 5.91 Å². The third-order valence-electron chi connectivity index (χ3n) is 7.56. The first kappa shape index (κ1) is 23.3. The quantitative estimate of drug-likeness (QED) is 0.505. The largest absolute Gasteiger partial charge is 0.367 e. The number of fused-ring (bicyclic) bond motifs is 2. The lowest BCUT2D eigenvalue weighted by atomic mass is 9.87. The maximum absolute atomic E-state index is 13.8. The minimum Gasteiger partial charge on any atom is -0.367 e. The molecule has 0 radical (unpaired) electrons. The maximum atomic E-state index is 13.8. The van der Waals surface area contributed by atoms with Gasteiger partial charge in [0, 0.05) is 19.0 Å². The Morgan fingerprint density at radius 1 is 0.972 bits per heavy atom. The zero-order chi connectivity index (χ0) is 25.0. The van der Waals surface area contributed by atoms with E-state index in [4.69, 9.17) is 4.74 Å². The highest BCUT2D eigenvalue weighted by Gasteiger charge is 2.59. The van der Waals surface area contributed by atoms with Crippen molar-refractivity contribution in [2.45, 2.75) is 48.9 Å². The fourth-order valence-corrected chi connectivity index (χ4v) is 7.42. The molecular formula is C28H27FN2O4S. The van der Waals surface area contributed by atoms with Crippen molar-refractivity contribution in [3.8, 4) is 0 Å². The minimum atomic E-state index is -3.64. The van der Waals surface area contributed by atoms with Crippen molar-refractivity contribution in [2.75, 3.05) is 13.2 Å². The summed E-state index contributed by atoms with van der Waals surface area (Å²) in [5.74, 6) is -0.483. The van der Waals surface area contributed by atoms with Gasteiger partial charge in [0.05, 0.1) is 23.6 Å². The first-order valence-electron chi connectivity index (χ1n) is 12.2. The Kier molecular flexibility index (Phi) is 5.70. The van der Waals surface area contributed by atoms with E-state index in [-0.39, 0.29) is 41.4 Å². The van der Waals surface area contributed by atoms with Crippen molar-refractivity contribution in [3.05, 3.63) is 101 Å². The molecule has 0 bridgehead atoms. The molecule has 3 aromatic carbocycles. The van der Waals surface area contributed by atoms with Crippen molar-refractivity contribution < 1.29 is 22.3 Å². The van der Waals surface area contributed by atoms with Gasteiger partial charge in [0.2, 0.25) is 10.0 Å². The predicted molar refractivity (Wildman–Crippen MR) is 132 cm³/mol. The number of halogens is 1. The molecule has 36 heavy (non-hydrogen) atoms. The molecule has 2 fully saturated rings. The summed E-state index contributed by atoms with van der Waals surface area (Å²) in [6, 6.07) is 20.2. The van der Waals surface area contributed by atoms with Crippen LogP contribution in [0.1, 0.15) is 34.7 Å². The van der Waals surface area contributed by atoms with Gasteiger partial charge in [-0.1, -0.05) is 54.1 Å². The molecule has 0 N–H and O–H groups in total. The van der Waals surface area contributed by atoms with Gasteiger partial charge in [-0.25, -0.2) is 12.8 Å². The van der Waals surface area contributed by atoms with Crippen molar-refractivity contribution in [2.24, 2.45) is 0 Å². The summed E-state index contributed by atoms with van der Waals surface area (Å²) in [6.07, 6.45) is 0.313. The van der Waals surface area contributed by atoms with E-state index in [9.17, 15) is 17.6 Å². The fraction of sp³-hybridized carbons (Fsp3) is 0.321. The van der Waals surface area contributed by atoms with Crippen molar-refractivity contribution >= 4 is 15.9 Å². The van der Waals surface area contributed by atoms with E-state index in [0.29, 0.717) is 19.4 Å². The van der Waals surface area contributed by atoms with Gasteiger partial charge < -0.3 is 9.64 Å². The van der Waals surface area contributed by atoms with Gasteiger partial charge in [0.1, 0.15) is 11.9 Å². The van der Waals surface area contributed by atoms with E-state index in [1.807, 2.05) is 30.0 Å². The second-order valence-electron chi connectivity index (χ2n) is 9.77. The lowest BCUT2D eigenvalue weighted by Crippen LogP contribution is -2.48. The molecule has 1 amide bonds. The molecule has 3 heterocycles. The van der Waals surface area contributed by atoms with E-state index in [1.165, 1.54) is 16.4 Å². The van der Waals surface area contributed by atoms with Crippen LogP contribution in [0.5, 0.6) is 0 Å². The molecule has 186 valence electrons. The van der Waals surface area contributed by atoms with E-state index < -0.39 is 16.1 Å². The number of rotatable bonds is 4. The molecule has 6 nitrogen and oxygen atoms in total. The van der Waals surface area contributed by atoms with Gasteiger partial charge in [-0.3, -0.25) is 4.79 Å². The Hall–Kier alpha value is -3.07. The first-order chi connectivity index (χ1) is 17.3. The number of sulfonamides is 1.